The van der Waals surface area contributed by atoms with Gasteiger partial charge < -0.3 is 9.64 Å². The molecule has 0 spiro atoms. The SMILES string of the molecule is Cn1nc(C(F)(F)F)c(Cl)c1C(=O)N1CC[C@H]2OCc3cnnn3[C@H]2C1. The molecule has 0 aliphatic carbocycles. The molecule has 0 radical (unpaired) electrons. The van der Waals surface area contributed by atoms with Crippen LogP contribution in [0.4, 0.5) is 13.2 Å². The van der Waals surface area contributed by atoms with Gasteiger partial charge in [-0.15, -0.1) is 5.10 Å². The summed E-state index contributed by atoms with van der Waals surface area (Å²) in [5, 5.41) is 10.6. The second kappa shape index (κ2) is 5.95. The molecule has 1 amide bonds. The molecule has 1 fully saturated rings. The van der Waals surface area contributed by atoms with E-state index in [0.717, 1.165) is 10.4 Å². The Hall–Kier alpha value is -2.14. The van der Waals surface area contributed by atoms with Crippen LogP contribution in [0.1, 0.15) is 34.3 Å². The topological polar surface area (TPSA) is 78.1 Å². The lowest BCUT2D eigenvalue weighted by Crippen LogP contribution is -2.50. The number of rotatable bonds is 1. The van der Waals surface area contributed by atoms with Crippen LogP contribution < -0.4 is 0 Å². The number of hydrogen-bond donors (Lipinski definition) is 0. The minimum atomic E-state index is -4.73. The molecule has 0 N–H and O–H groups in total. The molecular formula is C14H14ClF3N6O2. The molecule has 2 aromatic heterocycles. The number of hydrogen-bond acceptors (Lipinski definition) is 5. The summed E-state index contributed by atoms with van der Waals surface area (Å²) < 4.78 is 47.3. The molecule has 0 unspecified atom stereocenters. The first-order valence-electron chi connectivity index (χ1n) is 7.87. The molecule has 4 rings (SSSR count). The van der Waals surface area contributed by atoms with Gasteiger partial charge in [0.2, 0.25) is 0 Å². The zero-order valence-electron chi connectivity index (χ0n) is 13.6. The first-order chi connectivity index (χ1) is 12.3. The van der Waals surface area contributed by atoms with E-state index in [4.69, 9.17) is 16.3 Å². The molecule has 2 aliphatic rings. The molecule has 2 aromatic rings. The molecule has 4 heterocycles. The average Bonchev–Trinajstić information content (AvgIpc) is 3.18. The highest BCUT2D eigenvalue weighted by Crippen LogP contribution is 2.37. The maximum Gasteiger partial charge on any atom is 0.436 e. The van der Waals surface area contributed by atoms with Crippen molar-refractivity contribution in [1.82, 2.24) is 29.7 Å². The quantitative estimate of drug-likeness (QED) is 0.740. The highest BCUT2D eigenvalue weighted by molar-refractivity contribution is 6.34. The standard InChI is InChI=1S/C14H14ClF3N6O2/c1-22-11(10(15)12(20-22)14(16,17)18)13(25)23-3-2-9-8(5-23)24-7(6-26-9)4-19-21-24/h4,8-9H,2-3,5-6H2,1H3/t8-,9+/m0/s1. The van der Waals surface area contributed by atoms with Crippen LogP contribution in [-0.2, 0) is 24.6 Å². The van der Waals surface area contributed by atoms with Crippen LogP contribution in [0, 0.1) is 0 Å². The van der Waals surface area contributed by atoms with Crippen molar-refractivity contribution in [2.45, 2.75) is 31.3 Å². The Morgan fingerprint density at radius 3 is 2.88 bits per heavy atom. The van der Waals surface area contributed by atoms with Crippen molar-refractivity contribution in [3.8, 4) is 0 Å². The van der Waals surface area contributed by atoms with Crippen molar-refractivity contribution in [2.75, 3.05) is 13.1 Å². The van der Waals surface area contributed by atoms with Crippen molar-refractivity contribution in [3.63, 3.8) is 0 Å². The number of piperidine rings is 1. The van der Waals surface area contributed by atoms with Gasteiger partial charge in [0.15, 0.2) is 5.69 Å². The highest BCUT2D eigenvalue weighted by atomic mass is 35.5. The molecule has 0 aromatic carbocycles. The lowest BCUT2D eigenvalue weighted by Gasteiger charge is -2.40. The largest absolute Gasteiger partial charge is 0.436 e. The molecule has 0 saturated carbocycles. The van der Waals surface area contributed by atoms with Gasteiger partial charge in [0.1, 0.15) is 10.7 Å². The van der Waals surface area contributed by atoms with Crippen LogP contribution in [0.15, 0.2) is 6.20 Å². The number of nitrogens with zero attached hydrogens (tertiary/aromatic N) is 6. The summed E-state index contributed by atoms with van der Waals surface area (Å²) >= 11 is 5.83. The molecule has 140 valence electrons. The third-order valence-electron chi connectivity index (χ3n) is 4.68. The van der Waals surface area contributed by atoms with Crippen molar-refractivity contribution < 1.29 is 22.7 Å². The number of halogens is 4. The summed E-state index contributed by atoms with van der Waals surface area (Å²) in [6.45, 7) is 0.972. The van der Waals surface area contributed by atoms with Gasteiger partial charge in [-0.2, -0.15) is 18.3 Å². The molecule has 2 atom stereocenters. The lowest BCUT2D eigenvalue weighted by atomic mass is 10.00. The number of aromatic nitrogens is 5. The zero-order chi connectivity index (χ0) is 18.6. The van der Waals surface area contributed by atoms with Gasteiger partial charge in [0, 0.05) is 20.1 Å². The summed E-state index contributed by atoms with van der Waals surface area (Å²) in [5.41, 5.74) is -0.758. The van der Waals surface area contributed by atoms with Gasteiger partial charge in [0.25, 0.3) is 5.91 Å². The minimum Gasteiger partial charge on any atom is -0.370 e. The van der Waals surface area contributed by atoms with Crippen LogP contribution in [0.2, 0.25) is 5.02 Å². The number of ether oxygens (including phenoxy) is 1. The fourth-order valence-corrected chi connectivity index (χ4v) is 3.77. The second-order valence-electron chi connectivity index (χ2n) is 6.26. The van der Waals surface area contributed by atoms with E-state index in [1.807, 2.05) is 0 Å². The Kier molecular flexibility index (Phi) is 3.95. The Morgan fingerprint density at radius 2 is 2.19 bits per heavy atom. The van der Waals surface area contributed by atoms with Gasteiger partial charge >= 0.3 is 6.18 Å². The highest BCUT2D eigenvalue weighted by Gasteiger charge is 2.42. The molecular weight excluding hydrogens is 377 g/mol. The fraction of sp³-hybridized carbons (Fsp3) is 0.571. The summed E-state index contributed by atoms with van der Waals surface area (Å²) in [6, 6.07) is -0.243. The lowest BCUT2D eigenvalue weighted by molar-refractivity contribution is -0.141. The first-order valence-corrected chi connectivity index (χ1v) is 8.24. The summed E-state index contributed by atoms with van der Waals surface area (Å²) in [5.74, 6) is -0.605. The smallest absolute Gasteiger partial charge is 0.370 e. The van der Waals surface area contributed by atoms with E-state index in [9.17, 15) is 18.0 Å². The van der Waals surface area contributed by atoms with Crippen LogP contribution in [0.5, 0.6) is 0 Å². The Bertz CT molecular complexity index is 863. The van der Waals surface area contributed by atoms with Crippen molar-refractivity contribution in [3.05, 3.63) is 28.3 Å². The van der Waals surface area contributed by atoms with E-state index in [2.05, 4.69) is 15.4 Å². The number of aryl methyl sites for hydroxylation is 1. The third kappa shape index (κ3) is 2.65. The zero-order valence-corrected chi connectivity index (χ0v) is 14.3. The first kappa shape index (κ1) is 17.3. The maximum atomic E-state index is 13.0. The van der Waals surface area contributed by atoms with Gasteiger partial charge in [-0.3, -0.25) is 9.48 Å². The fourth-order valence-electron chi connectivity index (χ4n) is 3.42. The molecule has 8 nitrogen and oxygen atoms in total. The van der Waals surface area contributed by atoms with E-state index < -0.39 is 22.8 Å². The predicted octanol–water partition coefficient (Wildman–Crippen LogP) is 1.67. The van der Waals surface area contributed by atoms with Gasteiger partial charge in [0.05, 0.1) is 30.6 Å². The van der Waals surface area contributed by atoms with E-state index in [1.54, 1.807) is 10.9 Å². The van der Waals surface area contributed by atoms with E-state index >= 15 is 0 Å². The predicted molar refractivity (Wildman–Crippen MR) is 81.4 cm³/mol. The third-order valence-corrected chi connectivity index (χ3v) is 5.03. The Labute approximate surface area is 150 Å². The van der Waals surface area contributed by atoms with E-state index in [0.29, 0.717) is 19.6 Å². The van der Waals surface area contributed by atoms with Crippen LogP contribution in [-0.4, -0.2) is 54.8 Å². The second-order valence-corrected chi connectivity index (χ2v) is 6.64. The molecule has 26 heavy (non-hydrogen) atoms. The summed E-state index contributed by atoms with van der Waals surface area (Å²) in [6.07, 6.45) is -2.73. The number of carbonyl (C=O) groups is 1. The molecule has 1 saturated heterocycles. The van der Waals surface area contributed by atoms with Crippen LogP contribution >= 0.6 is 11.6 Å². The summed E-state index contributed by atoms with van der Waals surface area (Å²) in [7, 11) is 1.26. The Balaban J connectivity index is 1.62. The van der Waals surface area contributed by atoms with Crippen molar-refractivity contribution in [1.29, 1.82) is 0 Å². The average molecular weight is 391 g/mol. The number of alkyl halides is 3. The van der Waals surface area contributed by atoms with Crippen LogP contribution in [0.25, 0.3) is 0 Å². The van der Waals surface area contributed by atoms with E-state index in [1.165, 1.54) is 11.9 Å². The van der Waals surface area contributed by atoms with Crippen molar-refractivity contribution >= 4 is 17.5 Å². The number of likely N-dealkylation sites (tertiary alicyclic amines) is 1. The van der Waals surface area contributed by atoms with Crippen LogP contribution in [0.3, 0.4) is 0 Å². The molecule has 0 bridgehead atoms. The summed E-state index contributed by atoms with van der Waals surface area (Å²) in [4.78, 5) is 14.3. The Morgan fingerprint density at radius 1 is 1.42 bits per heavy atom. The minimum absolute atomic E-state index is 0.124. The van der Waals surface area contributed by atoms with E-state index in [-0.39, 0.29) is 24.4 Å². The number of fused-ring (bicyclic) bond motifs is 3. The van der Waals surface area contributed by atoms with Gasteiger partial charge in [-0.1, -0.05) is 16.8 Å². The monoisotopic (exact) mass is 390 g/mol. The molecule has 2 aliphatic heterocycles. The van der Waals surface area contributed by atoms with Gasteiger partial charge in [-0.05, 0) is 6.42 Å². The number of amides is 1. The molecule has 12 heteroatoms. The van der Waals surface area contributed by atoms with Crippen molar-refractivity contribution in [2.24, 2.45) is 7.05 Å². The number of carbonyl (C=O) groups excluding carboxylic acids is 1. The maximum absolute atomic E-state index is 13.0. The van der Waals surface area contributed by atoms with Gasteiger partial charge in [-0.25, -0.2) is 4.68 Å². The normalized spacial score (nSPS) is 22.9.